The van der Waals surface area contributed by atoms with Crippen LogP contribution in [0.3, 0.4) is 0 Å². The first kappa shape index (κ1) is 13.4. The minimum Gasteiger partial charge on any atom is -0.370 e. The number of hydrogen-bond donors (Lipinski definition) is 0. The summed E-state index contributed by atoms with van der Waals surface area (Å²) in [5.74, 6) is 0. The molecule has 0 atom stereocenters. The van der Waals surface area contributed by atoms with Crippen LogP contribution in [0.25, 0.3) is 0 Å². The van der Waals surface area contributed by atoms with E-state index in [1.54, 1.807) is 0 Å². The second-order valence-corrected chi connectivity index (χ2v) is 5.87. The van der Waals surface area contributed by atoms with Crippen molar-refractivity contribution in [2.75, 3.05) is 32.1 Å². The Morgan fingerprint density at radius 1 is 1.33 bits per heavy atom. The highest BCUT2D eigenvalue weighted by atomic mass is 79.9. The quantitative estimate of drug-likeness (QED) is 0.841. The molecule has 3 nitrogen and oxygen atoms in total. The fourth-order valence-electron chi connectivity index (χ4n) is 2.48. The van der Waals surface area contributed by atoms with E-state index in [0.717, 1.165) is 41.7 Å². The smallest absolute Gasteiger partial charge is 0.101 e. The van der Waals surface area contributed by atoms with Crippen molar-refractivity contribution in [3.8, 4) is 6.07 Å². The molecule has 18 heavy (non-hydrogen) atoms. The summed E-state index contributed by atoms with van der Waals surface area (Å²) in [6, 6.07) is 8.81. The minimum atomic E-state index is 0.666. The van der Waals surface area contributed by atoms with Gasteiger partial charge in [-0.2, -0.15) is 5.26 Å². The average molecular weight is 308 g/mol. The van der Waals surface area contributed by atoms with Crippen LogP contribution in [-0.2, 0) is 0 Å². The highest BCUT2D eigenvalue weighted by Gasteiger charge is 2.22. The molecule has 1 heterocycles. The van der Waals surface area contributed by atoms with Crippen LogP contribution in [0.1, 0.15) is 18.4 Å². The molecule has 0 aromatic heterocycles. The first-order valence-corrected chi connectivity index (χ1v) is 7.02. The van der Waals surface area contributed by atoms with Crippen LogP contribution in [0.5, 0.6) is 0 Å². The van der Waals surface area contributed by atoms with Crippen LogP contribution >= 0.6 is 15.9 Å². The molecule has 0 bridgehead atoms. The molecule has 0 amide bonds. The van der Waals surface area contributed by atoms with Gasteiger partial charge in [0.25, 0.3) is 0 Å². The number of nitrogens with zero attached hydrogens (tertiary/aromatic N) is 3. The van der Waals surface area contributed by atoms with Gasteiger partial charge >= 0.3 is 0 Å². The molecule has 1 aromatic rings. The van der Waals surface area contributed by atoms with E-state index < -0.39 is 0 Å². The number of nitriles is 1. The maximum atomic E-state index is 9.18. The standard InChI is InChI=1S/C14H18BrN3/c1-17(2)13-5-7-18(8-6-13)14-9-12(15)4-3-11(14)10-16/h3-4,9,13H,5-8H2,1-2H3. The molecule has 1 aromatic carbocycles. The van der Waals surface area contributed by atoms with E-state index >= 15 is 0 Å². The Bertz CT molecular complexity index is 457. The van der Waals surface area contributed by atoms with Crippen molar-refractivity contribution in [1.29, 1.82) is 5.26 Å². The Kier molecular flexibility index (Phi) is 4.26. The summed E-state index contributed by atoms with van der Waals surface area (Å²) < 4.78 is 1.03. The van der Waals surface area contributed by atoms with Gasteiger partial charge in [0.05, 0.1) is 11.3 Å². The zero-order valence-corrected chi connectivity index (χ0v) is 12.4. The number of anilines is 1. The number of rotatable bonds is 2. The Hall–Kier alpha value is -1.05. The molecule has 96 valence electrons. The Balaban J connectivity index is 2.14. The van der Waals surface area contributed by atoms with Crippen molar-refractivity contribution in [2.45, 2.75) is 18.9 Å². The third-order valence-corrected chi connectivity index (χ3v) is 4.11. The maximum Gasteiger partial charge on any atom is 0.101 e. The molecule has 0 saturated carbocycles. The lowest BCUT2D eigenvalue weighted by Crippen LogP contribution is -2.42. The van der Waals surface area contributed by atoms with Gasteiger partial charge in [0.1, 0.15) is 6.07 Å². The van der Waals surface area contributed by atoms with E-state index in [9.17, 15) is 5.26 Å². The Morgan fingerprint density at radius 2 is 2.00 bits per heavy atom. The number of benzene rings is 1. The molecule has 0 spiro atoms. The van der Waals surface area contributed by atoms with Crippen LogP contribution in [0.15, 0.2) is 22.7 Å². The molecule has 1 fully saturated rings. The van der Waals surface area contributed by atoms with Crippen molar-refractivity contribution in [3.63, 3.8) is 0 Å². The average Bonchev–Trinajstić information content (AvgIpc) is 2.39. The number of piperidine rings is 1. The molecule has 0 N–H and O–H groups in total. The highest BCUT2D eigenvalue weighted by molar-refractivity contribution is 9.10. The topological polar surface area (TPSA) is 30.3 Å². The van der Waals surface area contributed by atoms with E-state index in [-0.39, 0.29) is 0 Å². The Labute approximate surface area is 117 Å². The molecule has 4 heteroatoms. The van der Waals surface area contributed by atoms with Crippen LogP contribution < -0.4 is 4.90 Å². The van der Waals surface area contributed by atoms with Crippen LogP contribution in [0.4, 0.5) is 5.69 Å². The molecule has 1 aliphatic heterocycles. The van der Waals surface area contributed by atoms with Crippen LogP contribution in [0, 0.1) is 11.3 Å². The van der Waals surface area contributed by atoms with Gasteiger partial charge in [0, 0.05) is 23.6 Å². The Morgan fingerprint density at radius 3 is 2.56 bits per heavy atom. The van der Waals surface area contributed by atoms with Gasteiger partial charge < -0.3 is 9.80 Å². The predicted molar refractivity (Wildman–Crippen MR) is 77.8 cm³/mol. The summed E-state index contributed by atoms with van der Waals surface area (Å²) in [6.07, 6.45) is 2.31. The van der Waals surface area contributed by atoms with Crippen molar-refractivity contribution >= 4 is 21.6 Å². The van der Waals surface area contributed by atoms with Crippen LogP contribution in [-0.4, -0.2) is 38.1 Å². The van der Waals surface area contributed by atoms with Crippen molar-refractivity contribution in [3.05, 3.63) is 28.2 Å². The van der Waals surface area contributed by atoms with E-state index in [1.165, 1.54) is 0 Å². The summed E-state index contributed by atoms with van der Waals surface area (Å²) in [5.41, 5.74) is 1.82. The van der Waals surface area contributed by atoms with Gasteiger partial charge in [0.2, 0.25) is 0 Å². The van der Waals surface area contributed by atoms with E-state index in [0.29, 0.717) is 6.04 Å². The molecule has 1 aliphatic rings. The molecular weight excluding hydrogens is 290 g/mol. The molecule has 2 rings (SSSR count). The normalized spacial score (nSPS) is 16.9. The maximum absolute atomic E-state index is 9.18. The van der Waals surface area contributed by atoms with Gasteiger partial charge in [-0.1, -0.05) is 15.9 Å². The van der Waals surface area contributed by atoms with Gasteiger partial charge in [-0.3, -0.25) is 0 Å². The summed E-state index contributed by atoms with van der Waals surface area (Å²) in [4.78, 5) is 4.62. The lowest BCUT2D eigenvalue weighted by Gasteiger charge is -2.36. The van der Waals surface area contributed by atoms with Gasteiger partial charge in [-0.05, 0) is 45.1 Å². The largest absolute Gasteiger partial charge is 0.370 e. The summed E-state index contributed by atoms with van der Waals surface area (Å²) in [7, 11) is 4.28. The molecule has 0 unspecified atom stereocenters. The third-order valence-electron chi connectivity index (χ3n) is 3.62. The molecular formula is C14H18BrN3. The van der Waals surface area contributed by atoms with Gasteiger partial charge in [-0.25, -0.2) is 0 Å². The SMILES string of the molecule is CN(C)C1CCN(c2cc(Br)ccc2C#N)CC1. The summed E-state index contributed by atoms with van der Waals surface area (Å²) in [5, 5.41) is 9.18. The van der Waals surface area contributed by atoms with Crippen LogP contribution in [0.2, 0.25) is 0 Å². The first-order chi connectivity index (χ1) is 8.61. The monoisotopic (exact) mass is 307 g/mol. The molecule has 0 radical (unpaired) electrons. The molecule has 1 saturated heterocycles. The fraction of sp³-hybridized carbons (Fsp3) is 0.500. The number of hydrogen-bond acceptors (Lipinski definition) is 3. The van der Waals surface area contributed by atoms with Crippen molar-refractivity contribution < 1.29 is 0 Å². The summed E-state index contributed by atoms with van der Waals surface area (Å²) in [6.45, 7) is 2.04. The predicted octanol–water partition coefficient (Wildman–Crippen LogP) is 2.85. The third kappa shape index (κ3) is 2.85. The summed E-state index contributed by atoms with van der Waals surface area (Å²) >= 11 is 3.48. The zero-order chi connectivity index (χ0) is 13.1. The first-order valence-electron chi connectivity index (χ1n) is 6.23. The second-order valence-electron chi connectivity index (χ2n) is 4.96. The van der Waals surface area contributed by atoms with Gasteiger partial charge in [-0.15, -0.1) is 0 Å². The van der Waals surface area contributed by atoms with Gasteiger partial charge in [0.15, 0.2) is 0 Å². The second kappa shape index (κ2) is 5.73. The lowest BCUT2D eigenvalue weighted by atomic mass is 10.0. The zero-order valence-electron chi connectivity index (χ0n) is 10.9. The van der Waals surface area contributed by atoms with E-state index in [1.807, 2.05) is 12.1 Å². The van der Waals surface area contributed by atoms with Crippen molar-refractivity contribution in [1.82, 2.24) is 4.90 Å². The highest BCUT2D eigenvalue weighted by Crippen LogP contribution is 2.28. The fourth-order valence-corrected chi connectivity index (χ4v) is 2.83. The van der Waals surface area contributed by atoms with Crippen molar-refractivity contribution in [2.24, 2.45) is 0 Å². The molecule has 0 aliphatic carbocycles. The lowest BCUT2D eigenvalue weighted by molar-refractivity contribution is 0.249. The van der Waals surface area contributed by atoms with E-state index in [4.69, 9.17) is 0 Å². The minimum absolute atomic E-state index is 0.666. The number of halogens is 1. The van der Waals surface area contributed by atoms with E-state index in [2.05, 4.69) is 52.0 Å².